The molecule has 0 spiro atoms. The zero-order valence-electron chi connectivity index (χ0n) is 11.2. The molecule has 1 saturated heterocycles. The molecular weight excluding hydrogens is 309 g/mol. The maximum atomic E-state index is 13.9. The fourth-order valence-corrected chi connectivity index (χ4v) is 2.36. The van der Waals surface area contributed by atoms with Crippen molar-refractivity contribution in [3.8, 4) is 5.75 Å². The van der Waals surface area contributed by atoms with Gasteiger partial charge in [-0.25, -0.2) is 8.78 Å². The summed E-state index contributed by atoms with van der Waals surface area (Å²) in [6.45, 7) is 3.80. The largest absolute Gasteiger partial charge is 0.507 e. The summed E-state index contributed by atoms with van der Waals surface area (Å²) in [5.74, 6) is -0.671. The number of alkyl halides is 1. The van der Waals surface area contributed by atoms with E-state index in [0.29, 0.717) is 18.7 Å². The first-order valence-corrected chi connectivity index (χ1v) is 6.14. The lowest BCUT2D eigenvalue weighted by atomic mass is 10.0. The van der Waals surface area contributed by atoms with Gasteiger partial charge in [0.25, 0.3) is 0 Å². The van der Waals surface area contributed by atoms with E-state index in [1.807, 2.05) is 4.90 Å². The molecule has 1 atom stereocenters. The van der Waals surface area contributed by atoms with Gasteiger partial charge in [0.2, 0.25) is 0 Å². The first-order chi connectivity index (χ1) is 8.65. The predicted octanol–water partition coefficient (Wildman–Crippen LogP) is 2.60. The van der Waals surface area contributed by atoms with Gasteiger partial charge in [0.05, 0.1) is 6.04 Å². The van der Waals surface area contributed by atoms with Crippen molar-refractivity contribution in [2.75, 3.05) is 32.9 Å². The predicted molar refractivity (Wildman–Crippen MR) is 80.5 cm³/mol. The van der Waals surface area contributed by atoms with Crippen LogP contribution in [0.25, 0.3) is 0 Å². The Morgan fingerprint density at radius 2 is 1.90 bits per heavy atom. The molecule has 0 aliphatic carbocycles. The van der Waals surface area contributed by atoms with Gasteiger partial charge in [-0.1, -0.05) is 6.07 Å². The number of nitrogens with one attached hydrogen (secondary N) is 1. The minimum absolute atomic E-state index is 0. The number of nitrogens with zero attached hydrogens (tertiary/aromatic N) is 1. The first-order valence-electron chi connectivity index (χ1n) is 6.14. The molecule has 116 valence electrons. The van der Waals surface area contributed by atoms with E-state index in [1.54, 1.807) is 6.92 Å². The Morgan fingerprint density at radius 3 is 2.45 bits per heavy atom. The Labute approximate surface area is 130 Å². The van der Waals surface area contributed by atoms with Crippen LogP contribution in [0.5, 0.6) is 5.75 Å². The molecule has 2 rings (SSSR count). The highest BCUT2D eigenvalue weighted by Gasteiger charge is 2.27. The Bertz CT molecular complexity index is 429. The second-order valence-electron chi connectivity index (χ2n) is 4.58. The molecule has 1 heterocycles. The van der Waals surface area contributed by atoms with Crippen molar-refractivity contribution in [3.63, 3.8) is 0 Å². The van der Waals surface area contributed by atoms with E-state index >= 15 is 0 Å². The van der Waals surface area contributed by atoms with E-state index in [4.69, 9.17) is 0 Å². The molecule has 0 bridgehead atoms. The summed E-state index contributed by atoms with van der Waals surface area (Å²) >= 11 is 0. The third kappa shape index (κ3) is 3.95. The van der Waals surface area contributed by atoms with Gasteiger partial charge < -0.3 is 10.4 Å². The fourth-order valence-electron chi connectivity index (χ4n) is 2.36. The maximum Gasteiger partial charge on any atom is 0.131 e. The number of rotatable bonds is 3. The van der Waals surface area contributed by atoms with E-state index in [2.05, 4.69) is 5.32 Å². The van der Waals surface area contributed by atoms with E-state index in [1.165, 1.54) is 12.1 Å². The number of aromatic hydroxyl groups is 1. The van der Waals surface area contributed by atoms with Gasteiger partial charge in [0, 0.05) is 31.7 Å². The standard InChI is InChI=1S/C13H18F2N2O.2ClH/c1-9-2-3-10(15)12(13(9)18)11(8-14)17-6-4-16-5-7-17;;/h2-3,11,16,18H,4-8H2,1H3;2*1H/t11-;;/m0../s1. The summed E-state index contributed by atoms with van der Waals surface area (Å²) in [7, 11) is 0. The number of phenolic OH excluding ortho intramolecular Hbond substituents is 1. The monoisotopic (exact) mass is 328 g/mol. The third-order valence-corrected chi connectivity index (χ3v) is 3.44. The van der Waals surface area contributed by atoms with Crippen molar-refractivity contribution < 1.29 is 13.9 Å². The second-order valence-corrected chi connectivity index (χ2v) is 4.58. The molecule has 0 aromatic heterocycles. The number of benzene rings is 1. The number of hydrogen-bond donors (Lipinski definition) is 2. The topological polar surface area (TPSA) is 35.5 Å². The summed E-state index contributed by atoms with van der Waals surface area (Å²) in [5, 5.41) is 13.1. The highest BCUT2D eigenvalue weighted by Crippen LogP contribution is 2.34. The van der Waals surface area contributed by atoms with Crippen LogP contribution in [0.2, 0.25) is 0 Å². The van der Waals surface area contributed by atoms with Gasteiger partial charge in [-0.05, 0) is 18.6 Å². The zero-order chi connectivity index (χ0) is 13.1. The number of piperazine rings is 1. The molecule has 20 heavy (non-hydrogen) atoms. The number of phenols is 1. The lowest BCUT2D eigenvalue weighted by Crippen LogP contribution is -2.45. The van der Waals surface area contributed by atoms with E-state index < -0.39 is 18.5 Å². The van der Waals surface area contributed by atoms with Gasteiger partial charge >= 0.3 is 0 Å². The maximum absolute atomic E-state index is 13.9. The van der Waals surface area contributed by atoms with Crippen LogP contribution in [0.4, 0.5) is 8.78 Å². The summed E-state index contributed by atoms with van der Waals surface area (Å²) in [5.41, 5.74) is 0.652. The average molecular weight is 329 g/mol. The number of aryl methyl sites for hydroxylation is 1. The molecular formula is C13H20Cl2F2N2O. The summed E-state index contributed by atoms with van der Waals surface area (Å²) < 4.78 is 27.1. The molecule has 7 heteroatoms. The Kier molecular flexibility index (Phi) is 8.35. The highest BCUT2D eigenvalue weighted by molar-refractivity contribution is 5.85. The van der Waals surface area contributed by atoms with Crippen LogP contribution < -0.4 is 5.32 Å². The third-order valence-electron chi connectivity index (χ3n) is 3.44. The molecule has 0 saturated carbocycles. The molecule has 1 fully saturated rings. The Morgan fingerprint density at radius 1 is 1.30 bits per heavy atom. The molecule has 3 nitrogen and oxygen atoms in total. The van der Waals surface area contributed by atoms with Crippen LogP contribution in [0.3, 0.4) is 0 Å². The van der Waals surface area contributed by atoms with Crippen molar-refractivity contribution in [1.82, 2.24) is 10.2 Å². The van der Waals surface area contributed by atoms with Gasteiger partial charge in [0.1, 0.15) is 18.2 Å². The quantitative estimate of drug-likeness (QED) is 0.895. The van der Waals surface area contributed by atoms with Crippen molar-refractivity contribution in [2.24, 2.45) is 0 Å². The first kappa shape index (κ1) is 19.4. The zero-order valence-corrected chi connectivity index (χ0v) is 12.9. The van der Waals surface area contributed by atoms with Gasteiger partial charge in [-0.2, -0.15) is 0 Å². The number of halogens is 4. The normalized spacial score (nSPS) is 16.9. The summed E-state index contributed by atoms with van der Waals surface area (Å²) in [4.78, 5) is 1.87. The van der Waals surface area contributed by atoms with Crippen molar-refractivity contribution in [3.05, 3.63) is 29.1 Å². The molecule has 0 amide bonds. The smallest absolute Gasteiger partial charge is 0.131 e. The fraction of sp³-hybridized carbons (Fsp3) is 0.538. The van der Waals surface area contributed by atoms with Gasteiger partial charge in [-0.3, -0.25) is 4.90 Å². The van der Waals surface area contributed by atoms with Crippen LogP contribution >= 0.6 is 24.8 Å². The minimum Gasteiger partial charge on any atom is -0.507 e. The van der Waals surface area contributed by atoms with Gasteiger partial charge in [-0.15, -0.1) is 24.8 Å². The molecule has 1 aliphatic rings. The van der Waals surface area contributed by atoms with Crippen molar-refractivity contribution in [1.29, 1.82) is 0 Å². The average Bonchev–Trinajstić information content (AvgIpc) is 2.40. The van der Waals surface area contributed by atoms with Gasteiger partial charge in [0.15, 0.2) is 0 Å². The van der Waals surface area contributed by atoms with Crippen LogP contribution in [-0.4, -0.2) is 42.9 Å². The highest BCUT2D eigenvalue weighted by atomic mass is 35.5. The van der Waals surface area contributed by atoms with Crippen LogP contribution in [0.15, 0.2) is 12.1 Å². The summed E-state index contributed by atoms with van der Waals surface area (Å²) in [6, 6.07) is 2.09. The minimum atomic E-state index is -0.702. The SMILES string of the molecule is Cc1ccc(F)c([C@H](CF)N2CCNCC2)c1O.Cl.Cl. The molecule has 1 aliphatic heterocycles. The van der Waals surface area contributed by atoms with Crippen LogP contribution in [0, 0.1) is 12.7 Å². The summed E-state index contributed by atoms with van der Waals surface area (Å²) in [6.07, 6.45) is 0. The second kappa shape index (κ2) is 8.62. The molecule has 0 radical (unpaired) electrons. The van der Waals surface area contributed by atoms with E-state index in [9.17, 15) is 13.9 Å². The van der Waals surface area contributed by atoms with Crippen molar-refractivity contribution >= 4 is 24.8 Å². The Balaban J connectivity index is 0.00000180. The Hall–Kier alpha value is -0.620. The van der Waals surface area contributed by atoms with Crippen molar-refractivity contribution in [2.45, 2.75) is 13.0 Å². The molecule has 1 aromatic carbocycles. The molecule has 0 unspecified atom stereocenters. The number of hydrogen-bond acceptors (Lipinski definition) is 3. The van der Waals surface area contributed by atoms with E-state index in [0.717, 1.165) is 13.1 Å². The lowest BCUT2D eigenvalue weighted by molar-refractivity contribution is 0.142. The molecule has 2 N–H and O–H groups in total. The van der Waals surface area contributed by atoms with E-state index in [-0.39, 0.29) is 36.1 Å². The van der Waals surface area contributed by atoms with Crippen LogP contribution in [0.1, 0.15) is 17.2 Å². The lowest BCUT2D eigenvalue weighted by Gasteiger charge is -2.34. The molecule has 1 aromatic rings. The van der Waals surface area contributed by atoms with Crippen LogP contribution in [-0.2, 0) is 0 Å².